The molecule has 184 valence electrons. The van der Waals surface area contributed by atoms with Crippen molar-refractivity contribution < 1.29 is 23.5 Å². The topological polar surface area (TPSA) is 85.6 Å². The molecule has 0 aliphatic heterocycles. The molecule has 0 aromatic rings. The molecular formula is C26H41NO5Si. The van der Waals surface area contributed by atoms with Crippen LogP contribution in [0.3, 0.4) is 0 Å². The van der Waals surface area contributed by atoms with E-state index in [2.05, 4.69) is 53.4 Å². The Morgan fingerprint density at radius 2 is 1.79 bits per heavy atom. The van der Waals surface area contributed by atoms with Gasteiger partial charge < -0.3 is 13.9 Å². The quantitative estimate of drug-likeness (QED) is 0.178. The van der Waals surface area contributed by atoms with Gasteiger partial charge in [-0.1, -0.05) is 39.8 Å². The average Bonchev–Trinajstić information content (AvgIpc) is 3.48. The number of carbonyl (C=O) groups is 2. The molecule has 0 radical (unpaired) electrons. The lowest BCUT2D eigenvalue weighted by Gasteiger charge is -2.41. The third-order valence-electron chi connectivity index (χ3n) is 7.82. The molecular weight excluding hydrogens is 434 g/mol. The van der Waals surface area contributed by atoms with Crippen molar-refractivity contribution in [2.45, 2.75) is 84.4 Å². The Bertz CT molecular complexity index is 845. The fourth-order valence-electron chi connectivity index (χ4n) is 4.81. The lowest BCUT2D eigenvalue weighted by molar-refractivity contribution is -0.161. The zero-order valence-electron chi connectivity index (χ0n) is 21.7. The lowest BCUT2D eigenvalue weighted by atomic mass is 9.75. The second-order valence-electron chi connectivity index (χ2n) is 11.3. The van der Waals surface area contributed by atoms with Crippen LogP contribution in [0.2, 0.25) is 18.1 Å². The second-order valence-corrected chi connectivity index (χ2v) is 16.0. The Balaban J connectivity index is 2.33. The number of methoxy groups -OCH3 is 2. The summed E-state index contributed by atoms with van der Waals surface area (Å²) >= 11 is 0. The van der Waals surface area contributed by atoms with Crippen LogP contribution in [0.4, 0.5) is 0 Å². The van der Waals surface area contributed by atoms with Gasteiger partial charge in [0.2, 0.25) is 8.32 Å². The summed E-state index contributed by atoms with van der Waals surface area (Å²) in [7, 11) is 0.555. The fourth-order valence-corrected chi connectivity index (χ4v) is 5.95. The highest BCUT2D eigenvalue weighted by Crippen LogP contribution is 2.59. The van der Waals surface area contributed by atoms with Gasteiger partial charge in [0.15, 0.2) is 5.41 Å². The van der Waals surface area contributed by atoms with Gasteiger partial charge in [-0.05, 0) is 61.2 Å². The molecule has 0 unspecified atom stereocenters. The molecule has 0 bridgehead atoms. The maximum absolute atomic E-state index is 12.4. The van der Waals surface area contributed by atoms with Crippen LogP contribution in [-0.4, -0.2) is 34.5 Å². The van der Waals surface area contributed by atoms with E-state index in [1.807, 2.05) is 0 Å². The molecule has 7 heteroatoms. The van der Waals surface area contributed by atoms with Crippen molar-refractivity contribution in [3.8, 4) is 6.07 Å². The first kappa shape index (κ1) is 27.2. The van der Waals surface area contributed by atoms with Gasteiger partial charge in [0.05, 0.1) is 26.0 Å². The third-order valence-corrected chi connectivity index (χ3v) is 12.2. The van der Waals surface area contributed by atoms with Crippen molar-refractivity contribution in [1.29, 1.82) is 5.26 Å². The first-order valence-corrected chi connectivity index (χ1v) is 14.8. The molecule has 1 saturated carbocycles. The van der Waals surface area contributed by atoms with Gasteiger partial charge in [-0.3, -0.25) is 9.59 Å². The van der Waals surface area contributed by atoms with Crippen LogP contribution >= 0.6 is 0 Å². The monoisotopic (exact) mass is 475 g/mol. The van der Waals surface area contributed by atoms with Crippen molar-refractivity contribution >= 4 is 20.3 Å². The Labute approximate surface area is 200 Å². The summed E-state index contributed by atoms with van der Waals surface area (Å²) in [4.78, 5) is 24.9. The van der Waals surface area contributed by atoms with Crippen LogP contribution in [0, 0.1) is 34.5 Å². The summed E-state index contributed by atoms with van der Waals surface area (Å²) in [5, 5.41) is 9.36. The Morgan fingerprint density at radius 1 is 1.21 bits per heavy atom. The zero-order valence-corrected chi connectivity index (χ0v) is 22.7. The largest absolute Gasteiger partial charge is 0.547 e. The van der Waals surface area contributed by atoms with Gasteiger partial charge in [-0.25, -0.2) is 0 Å². The number of allylic oxidation sites excluding steroid dienone is 3. The molecule has 0 heterocycles. The molecule has 6 nitrogen and oxygen atoms in total. The Morgan fingerprint density at radius 3 is 2.27 bits per heavy atom. The third kappa shape index (κ3) is 5.54. The Hall–Kier alpha value is -2.07. The standard InChI is InChI=1S/C26H41NO5Si/c1-17-13-19(15-18(2)21-16-26(21,23(28)30-6)24(29)31-7)20(11-10-12-27)22(14-17)32-33(8,9)25(3,4)5/h17,19,21H,2,10-11,13-16H2,1,3-9H3/t17-,19+,21-/m1/s1. The van der Waals surface area contributed by atoms with Gasteiger partial charge in [0.1, 0.15) is 0 Å². The predicted molar refractivity (Wildman–Crippen MR) is 130 cm³/mol. The smallest absolute Gasteiger partial charge is 0.323 e. The first-order chi connectivity index (χ1) is 15.2. The van der Waals surface area contributed by atoms with Crippen molar-refractivity contribution in [2.24, 2.45) is 23.2 Å². The minimum atomic E-state index is -2.03. The molecule has 2 aliphatic rings. The maximum Gasteiger partial charge on any atom is 0.323 e. The molecule has 1 fully saturated rings. The van der Waals surface area contributed by atoms with Crippen LogP contribution < -0.4 is 0 Å². The molecule has 0 spiro atoms. The van der Waals surface area contributed by atoms with Crippen molar-refractivity contribution in [3.63, 3.8) is 0 Å². The number of esters is 2. The molecule has 0 aromatic carbocycles. The van der Waals surface area contributed by atoms with Crippen LogP contribution in [0.25, 0.3) is 0 Å². The van der Waals surface area contributed by atoms with Crippen molar-refractivity contribution in [2.75, 3.05) is 14.2 Å². The molecule has 2 aliphatic carbocycles. The SMILES string of the molecule is C=C(C[C@@H]1C[C@@H](C)CC(O[Si](C)(C)C(C)(C)C)=C1CCC#N)[C@H]1CC1(C(=O)OC)C(=O)OC. The minimum Gasteiger partial charge on any atom is -0.547 e. The molecule has 33 heavy (non-hydrogen) atoms. The summed E-state index contributed by atoms with van der Waals surface area (Å²) in [6, 6.07) is 2.28. The summed E-state index contributed by atoms with van der Waals surface area (Å²) in [5.41, 5.74) is 0.812. The van der Waals surface area contributed by atoms with Crippen LogP contribution in [-0.2, 0) is 23.5 Å². The number of hydrogen-bond donors (Lipinski definition) is 0. The number of rotatable bonds is 9. The predicted octanol–water partition coefficient (Wildman–Crippen LogP) is 5.91. The van der Waals surface area contributed by atoms with E-state index in [0.717, 1.165) is 24.2 Å². The number of nitrogens with zero attached hydrogens (tertiary/aromatic N) is 1. The fraction of sp³-hybridized carbons (Fsp3) is 0.731. The number of carbonyl (C=O) groups excluding carboxylic acids is 2. The average molecular weight is 476 g/mol. The van der Waals surface area contributed by atoms with Gasteiger partial charge in [0.25, 0.3) is 0 Å². The summed E-state index contributed by atoms with van der Waals surface area (Å²) < 4.78 is 16.6. The van der Waals surface area contributed by atoms with Crippen LogP contribution in [0.5, 0.6) is 0 Å². The molecule has 0 amide bonds. The lowest BCUT2D eigenvalue weighted by Crippen LogP contribution is -2.41. The zero-order chi connectivity index (χ0) is 25.2. The molecule has 3 atom stereocenters. The van der Waals surface area contributed by atoms with Crippen LogP contribution in [0.15, 0.2) is 23.5 Å². The molecule has 2 rings (SSSR count). The van der Waals surface area contributed by atoms with E-state index >= 15 is 0 Å². The van der Waals surface area contributed by atoms with Gasteiger partial charge >= 0.3 is 11.9 Å². The van der Waals surface area contributed by atoms with Gasteiger partial charge in [-0.2, -0.15) is 5.26 Å². The number of ether oxygens (including phenoxy) is 2. The highest BCUT2D eigenvalue weighted by atomic mass is 28.4. The summed E-state index contributed by atoms with van der Waals surface area (Å²) in [6.07, 6.45) is 4.01. The number of hydrogen-bond acceptors (Lipinski definition) is 6. The summed E-state index contributed by atoms with van der Waals surface area (Å²) in [5.74, 6) is 0.286. The first-order valence-electron chi connectivity index (χ1n) is 11.9. The minimum absolute atomic E-state index is 0.0781. The molecule has 0 aromatic heterocycles. The van der Waals surface area contributed by atoms with Gasteiger partial charge in [0, 0.05) is 18.8 Å². The summed E-state index contributed by atoms with van der Waals surface area (Å²) in [6.45, 7) is 17.7. The van der Waals surface area contributed by atoms with Gasteiger partial charge in [-0.15, -0.1) is 0 Å². The molecule has 0 saturated heterocycles. The maximum atomic E-state index is 12.4. The highest BCUT2D eigenvalue weighted by Gasteiger charge is 2.68. The van der Waals surface area contributed by atoms with E-state index in [4.69, 9.17) is 13.9 Å². The van der Waals surface area contributed by atoms with E-state index in [-0.39, 0.29) is 16.9 Å². The van der Waals surface area contributed by atoms with Crippen molar-refractivity contribution in [3.05, 3.63) is 23.5 Å². The van der Waals surface area contributed by atoms with E-state index in [1.54, 1.807) is 0 Å². The van der Waals surface area contributed by atoms with E-state index in [1.165, 1.54) is 19.8 Å². The highest BCUT2D eigenvalue weighted by molar-refractivity contribution is 6.74. The Kier molecular flexibility index (Phi) is 8.27. The number of nitriles is 1. The molecule has 0 N–H and O–H groups in total. The van der Waals surface area contributed by atoms with E-state index in [9.17, 15) is 14.9 Å². The van der Waals surface area contributed by atoms with Crippen molar-refractivity contribution in [1.82, 2.24) is 0 Å². The van der Waals surface area contributed by atoms with E-state index in [0.29, 0.717) is 31.6 Å². The normalized spacial score (nSPS) is 24.5. The van der Waals surface area contributed by atoms with Crippen LogP contribution in [0.1, 0.15) is 66.2 Å². The second kappa shape index (κ2) is 10.0. The van der Waals surface area contributed by atoms with E-state index < -0.39 is 25.7 Å².